The van der Waals surface area contributed by atoms with Crippen LogP contribution in [0.1, 0.15) is 29.9 Å². The van der Waals surface area contributed by atoms with E-state index in [0.717, 1.165) is 31.5 Å². The normalized spacial score (nSPS) is 17.4. The summed E-state index contributed by atoms with van der Waals surface area (Å²) in [6, 6.07) is 3.84. The number of hydrogen-bond acceptors (Lipinski definition) is 4. The summed E-state index contributed by atoms with van der Waals surface area (Å²) in [5, 5.41) is 22.0. The lowest BCUT2D eigenvalue weighted by molar-refractivity contribution is 0.380. The van der Waals surface area contributed by atoms with Crippen molar-refractivity contribution < 1.29 is 10.3 Å². The van der Waals surface area contributed by atoms with Gasteiger partial charge in [0.1, 0.15) is 11.4 Å². The number of nitrogens with one attached hydrogen (secondary N) is 2. The Morgan fingerprint density at radius 1 is 1.31 bits per heavy atom. The first-order valence-corrected chi connectivity index (χ1v) is 5.66. The smallest absolute Gasteiger partial charge is 0.143 e. The third-order valence-electron chi connectivity index (χ3n) is 3.25. The van der Waals surface area contributed by atoms with E-state index in [-0.39, 0.29) is 5.75 Å². The van der Waals surface area contributed by atoms with E-state index in [0.29, 0.717) is 11.6 Å². The molecular weight excluding hydrogens is 204 g/mol. The van der Waals surface area contributed by atoms with Crippen LogP contribution in [0.3, 0.4) is 0 Å². The zero-order chi connectivity index (χ0) is 11.5. The Morgan fingerprint density at radius 2 is 2.00 bits per heavy atom. The number of piperidine rings is 1. The Hall–Kier alpha value is -1.26. The summed E-state index contributed by atoms with van der Waals surface area (Å²) < 4.78 is 0. The van der Waals surface area contributed by atoms with Crippen LogP contribution in [0.15, 0.2) is 12.1 Å². The molecule has 1 aliphatic rings. The second kappa shape index (κ2) is 4.72. The summed E-state index contributed by atoms with van der Waals surface area (Å²) in [7, 11) is 0. The van der Waals surface area contributed by atoms with E-state index >= 15 is 0 Å². The van der Waals surface area contributed by atoms with Gasteiger partial charge in [-0.05, 0) is 56.0 Å². The van der Waals surface area contributed by atoms with Crippen LogP contribution in [0, 0.1) is 6.92 Å². The molecule has 0 aromatic heterocycles. The fraction of sp³-hybridized carbons (Fsp3) is 0.500. The molecule has 4 N–H and O–H groups in total. The predicted octanol–water partition coefficient (Wildman–Crippen LogP) is 1.97. The van der Waals surface area contributed by atoms with Gasteiger partial charge in [0.25, 0.3) is 0 Å². The predicted molar refractivity (Wildman–Crippen MR) is 63.1 cm³/mol. The van der Waals surface area contributed by atoms with E-state index in [4.69, 9.17) is 5.21 Å². The second-order valence-electron chi connectivity index (χ2n) is 4.37. The van der Waals surface area contributed by atoms with E-state index in [9.17, 15) is 5.11 Å². The van der Waals surface area contributed by atoms with E-state index in [1.807, 2.05) is 24.5 Å². The summed E-state index contributed by atoms with van der Waals surface area (Å²) in [5.74, 6) is 0.646. The highest BCUT2D eigenvalue weighted by Gasteiger charge is 2.17. The summed E-state index contributed by atoms with van der Waals surface area (Å²) in [6.45, 7) is 3.92. The zero-order valence-corrected chi connectivity index (χ0v) is 9.45. The molecule has 0 bridgehead atoms. The number of benzene rings is 1. The van der Waals surface area contributed by atoms with Crippen molar-refractivity contribution in [2.24, 2.45) is 0 Å². The number of phenolic OH excluding ortho intramolecular Hbond substituents is 1. The molecule has 16 heavy (non-hydrogen) atoms. The molecule has 0 unspecified atom stereocenters. The number of phenols is 1. The molecule has 0 spiro atoms. The molecule has 4 nitrogen and oxygen atoms in total. The molecule has 1 aromatic carbocycles. The molecule has 0 radical (unpaired) electrons. The highest BCUT2D eigenvalue weighted by molar-refractivity contribution is 5.60. The van der Waals surface area contributed by atoms with Gasteiger partial charge in [-0.25, -0.2) is 0 Å². The van der Waals surface area contributed by atoms with Gasteiger partial charge in [-0.3, -0.25) is 10.7 Å². The number of hydrogen-bond donors (Lipinski definition) is 4. The molecular formula is C12H18N2O2. The summed E-state index contributed by atoms with van der Waals surface area (Å²) in [5.41, 5.74) is 4.43. The van der Waals surface area contributed by atoms with Crippen molar-refractivity contribution in [2.75, 3.05) is 18.6 Å². The van der Waals surface area contributed by atoms with Crippen LogP contribution in [-0.4, -0.2) is 23.4 Å². The van der Waals surface area contributed by atoms with Gasteiger partial charge < -0.3 is 10.4 Å². The van der Waals surface area contributed by atoms with Crippen LogP contribution < -0.4 is 10.8 Å². The fourth-order valence-electron chi connectivity index (χ4n) is 2.28. The topological polar surface area (TPSA) is 64.5 Å². The maximum atomic E-state index is 9.69. The van der Waals surface area contributed by atoms with Crippen molar-refractivity contribution in [1.29, 1.82) is 0 Å². The van der Waals surface area contributed by atoms with Gasteiger partial charge in [-0.1, -0.05) is 6.07 Å². The number of aryl methyl sites for hydroxylation is 1. The van der Waals surface area contributed by atoms with Crippen molar-refractivity contribution >= 4 is 5.69 Å². The standard InChI is InChI=1S/C12H18N2O2/c1-8-6-10(7-11(14-16)12(8)15)9-2-4-13-5-3-9/h6-7,9,13-16H,2-5H2,1H3. The quantitative estimate of drug-likeness (QED) is 0.456. The van der Waals surface area contributed by atoms with Gasteiger partial charge in [0.05, 0.1) is 0 Å². The van der Waals surface area contributed by atoms with Crippen LogP contribution in [-0.2, 0) is 0 Å². The minimum Gasteiger partial charge on any atom is -0.505 e. The highest BCUT2D eigenvalue weighted by Crippen LogP contribution is 2.34. The highest BCUT2D eigenvalue weighted by atomic mass is 16.5. The average molecular weight is 222 g/mol. The molecule has 1 aromatic rings. The second-order valence-corrected chi connectivity index (χ2v) is 4.37. The largest absolute Gasteiger partial charge is 0.505 e. The van der Waals surface area contributed by atoms with Crippen LogP contribution >= 0.6 is 0 Å². The Bertz CT molecular complexity index is 374. The summed E-state index contributed by atoms with van der Waals surface area (Å²) in [6.07, 6.45) is 2.21. The van der Waals surface area contributed by atoms with Gasteiger partial charge in [0.2, 0.25) is 0 Å². The van der Waals surface area contributed by atoms with Gasteiger partial charge in [-0.15, -0.1) is 0 Å². The molecule has 1 aliphatic heterocycles. The van der Waals surface area contributed by atoms with Crippen LogP contribution in [0.25, 0.3) is 0 Å². The minimum atomic E-state index is 0.125. The first-order valence-electron chi connectivity index (χ1n) is 5.66. The molecule has 0 amide bonds. The van der Waals surface area contributed by atoms with Crippen molar-refractivity contribution in [1.82, 2.24) is 5.32 Å². The van der Waals surface area contributed by atoms with Gasteiger partial charge in [0, 0.05) is 0 Å². The van der Waals surface area contributed by atoms with E-state index in [1.165, 1.54) is 5.56 Å². The third kappa shape index (κ3) is 2.13. The van der Waals surface area contributed by atoms with Gasteiger partial charge in [-0.2, -0.15) is 0 Å². The molecule has 88 valence electrons. The monoisotopic (exact) mass is 222 g/mol. The number of rotatable bonds is 2. The van der Waals surface area contributed by atoms with Crippen molar-refractivity contribution in [3.63, 3.8) is 0 Å². The van der Waals surface area contributed by atoms with E-state index < -0.39 is 0 Å². The van der Waals surface area contributed by atoms with Gasteiger partial charge >= 0.3 is 0 Å². The first kappa shape index (κ1) is 11.2. The zero-order valence-electron chi connectivity index (χ0n) is 9.45. The lowest BCUT2D eigenvalue weighted by atomic mass is 9.89. The summed E-state index contributed by atoms with van der Waals surface area (Å²) in [4.78, 5) is 0. The van der Waals surface area contributed by atoms with Crippen LogP contribution in [0.2, 0.25) is 0 Å². The van der Waals surface area contributed by atoms with Crippen molar-refractivity contribution in [3.8, 4) is 5.75 Å². The average Bonchev–Trinajstić information content (AvgIpc) is 2.33. The molecule has 0 saturated carbocycles. The van der Waals surface area contributed by atoms with Crippen molar-refractivity contribution in [3.05, 3.63) is 23.3 Å². The lowest BCUT2D eigenvalue weighted by Gasteiger charge is -2.24. The van der Waals surface area contributed by atoms with Crippen molar-refractivity contribution in [2.45, 2.75) is 25.7 Å². The maximum Gasteiger partial charge on any atom is 0.143 e. The maximum absolute atomic E-state index is 9.69. The Balaban J connectivity index is 2.29. The molecule has 0 atom stereocenters. The third-order valence-corrected chi connectivity index (χ3v) is 3.25. The van der Waals surface area contributed by atoms with Crippen LogP contribution in [0.5, 0.6) is 5.75 Å². The molecule has 4 heteroatoms. The lowest BCUT2D eigenvalue weighted by Crippen LogP contribution is -2.26. The Labute approximate surface area is 95.3 Å². The first-order chi connectivity index (χ1) is 7.72. The fourth-order valence-corrected chi connectivity index (χ4v) is 2.28. The molecule has 2 rings (SSSR count). The Kier molecular flexibility index (Phi) is 3.31. The molecule has 1 heterocycles. The van der Waals surface area contributed by atoms with Crippen LogP contribution in [0.4, 0.5) is 5.69 Å². The SMILES string of the molecule is Cc1cc(C2CCNCC2)cc(NO)c1O. The number of aromatic hydroxyl groups is 1. The molecule has 0 aliphatic carbocycles. The van der Waals surface area contributed by atoms with Gasteiger partial charge in [0.15, 0.2) is 0 Å². The van der Waals surface area contributed by atoms with E-state index in [1.54, 1.807) is 0 Å². The number of anilines is 1. The van der Waals surface area contributed by atoms with E-state index in [2.05, 4.69) is 5.32 Å². The summed E-state index contributed by atoms with van der Waals surface area (Å²) >= 11 is 0. The molecule has 1 saturated heterocycles. The Morgan fingerprint density at radius 3 is 2.62 bits per heavy atom. The minimum absolute atomic E-state index is 0.125. The molecule has 1 fully saturated rings.